The van der Waals surface area contributed by atoms with E-state index in [2.05, 4.69) is 38.0 Å². The highest BCUT2D eigenvalue weighted by molar-refractivity contribution is 4.74. The number of ether oxygens (including phenoxy) is 1. The summed E-state index contributed by atoms with van der Waals surface area (Å²) in [5.41, 5.74) is 0.330. The van der Waals surface area contributed by atoms with Gasteiger partial charge in [-0.2, -0.15) is 0 Å². The molecule has 0 atom stereocenters. The van der Waals surface area contributed by atoms with E-state index in [0.717, 1.165) is 39.4 Å². The highest BCUT2D eigenvalue weighted by Crippen LogP contribution is 2.14. The topological polar surface area (TPSA) is 24.5 Å². The maximum absolute atomic E-state index is 5.34. The number of likely N-dealkylation sites (N-methyl/N-ethyl adjacent to an activating group) is 1. The second-order valence-corrected chi connectivity index (χ2v) is 4.88. The molecule has 0 aliphatic heterocycles. The molecule has 3 nitrogen and oxygen atoms in total. The zero-order valence-corrected chi connectivity index (χ0v) is 11.1. The summed E-state index contributed by atoms with van der Waals surface area (Å²) in [5, 5.41) is 3.40. The van der Waals surface area contributed by atoms with Gasteiger partial charge in [-0.15, -0.1) is 0 Å². The van der Waals surface area contributed by atoms with Crippen LogP contribution in [-0.4, -0.2) is 51.3 Å². The van der Waals surface area contributed by atoms with E-state index in [-0.39, 0.29) is 0 Å². The number of nitrogens with one attached hydrogen (secondary N) is 1. The molecule has 0 aromatic heterocycles. The Bertz CT molecular complexity index is 149. The van der Waals surface area contributed by atoms with Crippen LogP contribution in [0.5, 0.6) is 0 Å². The highest BCUT2D eigenvalue weighted by atomic mass is 16.5. The minimum Gasteiger partial charge on any atom is -0.380 e. The third-order valence-corrected chi connectivity index (χ3v) is 2.37. The van der Waals surface area contributed by atoms with Crippen LogP contribution in [-0.2, 0) is 4.74 Å². The monoisotopic (exact) mass is 216 g/mol. The van der Waals surface area contributed by atoms with E-state index in [9.17, 15) is 0 Å². The van der Waals surface area contributed by atoms with Crippen molar-refractivity contribution in [2.24, 2.45) is 5.41 Å². The van der Waals surface area contributed by atoms with E-state index < -0.39 is 0 Å². The Hall–Kier alpha value is -0.120. The molecular formula is C12H28N2O. The van der Waals surface area contributed by atoms with Crippen LogP contribution in [0.15, 0.2) is 0 Å². The van der Waals surface area contributed by atoms with Crippen molar-refractivity contribution in [3.05, 3.63) is 0 Å². The first-order chi connectivity index (χ1) is 7.02. The van der Waals surface area contributed by atoms with E-state index in [4.69, 9.17) is 4.74 Å². The molecule has 0 fully saturated rings. The molecule has 15 heavy (non-hydrogen) atoms. The summed E-state index contributed by atoms with van der Waals surface area (Å²) in [6.45, 7) is 14.7. The maximum Gasteiger partial charge on any atom is 0.0593 e. The first-order valence-electron chi connectivity index (χ1n) is 5.99. The second kappa shape index (κ2) is 8.08. The van der Waals surface area contributed by atoms with Crippen molar-refractivity contribution in [2.75, 3.05) is 46.4 Å². The Morgan fingerprint density at radius 3 is 2.47 bits per heavy atom. The van der Waals surface area contributed by atoms with Gasteiger partial charge in [0.1, 0.15) is 0 Å². The molecule has 0 heterocycles. The van der Waals surface area contributed by atoms with Crippen molar-refractivity contribution in [2.45, 2.75) is 27.7 Å². The third kappa shape index (κ3) is 8.85. The van der Waals surface area contributed by atoms with Crippen LogP contribution >= 0.6 is 0 Å². The zero-order chi connectivity index (χ0) is 11.7. The largest absolute Gasteiger partial charge is 0.380 e. The lowest BCUT2D eigenvalue weighted by Crippen LogP contribution is -2.40. The van der Waals surface area contributed by atoms with Crippen molar-refractivity contribution >= 4 is 0 Å². The zero-order valence-electron chi connectivity index (χ0n) is 11.1. The molecule has 0 bridgehead atoms. The minimum atomic E-state index is 0.330. The van der Waals surface area contributed by atoms with Gasteiger partial charge in [0.25, 0.3) is 0 Å². The number of hydrogen-bond acceptors (Lipinski definition) is 3. The summed E-state index contributed by atoms with van der Waals surface area (Å²) in [6.07, 6.45) is 0. The Balaban J connectivity index is 3.67. The predicted molar refractivity (Wildman–Crippen MR) is 66.3 cm³/mol. The first kappa shape index (κ1) is 14.9. The smallest absolute Gasteiger partial charge is 0.0593 e. The van der Waals surface area contributed by atoms with Crippen molar-refractivity contribution in [3.8, 4) is 0 Å². The van der Waals surface area contributed by atoms with Crippen molar-refractivity contribution < 1.29 is 4.74 Å². The molecular weight excluding hydrogens is 188 g/mol. The molecule has 0 spiro atoms. The first-order valence-corrected chi connectivity index (χ1v) is 5.99. The SMILES string of the molecule is CCNCC(C)(C)CN(C)CCOCC. The summed E-state index contributed by atoms with van der Waals surface area (Å²) in [7, 11) is 2.16. The normalized spacial score (nSPS) is 12.4. The van der Waals surface area contributed by atoms with E-state index in [1.165, 1.54) is 0 Å². The van der Waals surface area contributed by atoms with Crippen molar-refractivity contribution in [1.82, 2.24) is 10.2 Å². The van der Waals surface area contributed by atoms with Gasteiger partial charge in [0, 0.05) is 26.2 Å². The van der Waals surface area contributed by atoms with Gasteiger partial charge >= 0.3 is 0 Å². The Kier molecular flexibility index (Phi) is 8.02. The summed E-state index contributed by atoms with van der Waals surface area (Å²) in [4.78, 5) is 2.34. The van der Waals surface area contributed by atoms with Crippen LogP contribution < -0.4 is 5.32 Å². The van der Waals surface area contributed by atoms with Crippen LogP contribution in [0.4, 0.5) is 0 Å². The fourth-order valence-corrected chi connectivity index (χ4v) is 1.69. The van der Waals surface area contributed by atoms with Gasteiger partial charge in [0.05, 0.1) is 6.61 Å². The molecule has 0 radical (unpaired) electrons. The molecule has 0 amide bonds. The van der Waals surface area contributed by atoms with Gasteiger partial charge in [-0.1, -0.05) is 20.8 Å². The van der Waals surface area contributed by atoms with E-state index in [1.807, 2.05) is 6.92 Å². The minimum absolute atomic E-state index is 0.330. The van der Waals surface area contributed by atoms with Crippen LogP contribution in [0.3, 0.4) is 0 Å². The van der Waals surface area contributed by atoms with Crippen LogP contribution in [0.2, 0.25) is 0 Å². The molecule has 1 N–H and O–H groups in total. The van der Waals surface area contributed by atoms with Gasteiger partial charge in [0.2, 0.25) is 0 Å². The molecule has 0 aliphatic carbocycles. The molecule has 0 aromatic carbocycles. The standard InChI is InChI=1S/C12H28N2O/c1-6-13-10-12(3,4)11-14(5)8-9-15-7-2/h13H,6-11H2,1-5H3. The molecule has 0 saturated carbocycles. The Morgan fingerprint density at radius 1 is 1.27 bits per heavy atom. The molecule has 92 valence electrons. The average molecular weight is 216 g/mol. The number of hydrogen-bond donors (Lipinski definition) is 1. The van der Waals surface area contributed by atoms with Gasteiger partial charge in [-0.25, -0.2) is 0 Å². The van der Waals surface area contributed by atoms with Crippen LogP contribution in [0, 0.1) is 5.41 Å². The van der Waals surface area contributed by atoms with Gasteiger partial charge in [-0.05, 0) is 25.9 Å². The van der Waals surface area contributed by atoms with E-state index in [1.54, 1.807) is 0 Å². The molecule has 0 saturated heterocycles. The number of nitrogens with zero attached hydrogens (tertiary/aromatic N) is 1. The summed E-state index contributed by atoms with van der Waals surface area (Å²) < 4.78 is 5.34. The van der Waals surface area contributed by atoms with E-state index >= 15 is 0 Å². The molecule has 0 unspecified atom stereocenters. The summed E-state index contributed by atoms with van der Waals surface area (Å²) >= 11 is 0. The van der Waals surface area contributed by atoms with Gasteiger partial charge < -0.3 is 15.0 Å². The fraction of sp³-hybridized carbons (Fsp3) is 1.00. The Labute approximate surface area is 95.2 Å². The van der Waals surface area contributed by atoms with Gasteiger partial charge in [-0.3, -0.25) is 0 Å². The maximum atomic E-state index is 5.34. The molecule has 0 aliphatic rings. The van der Waals surface area contributed by atoms with E-state index in [0.29, 0.717) is 5.41 Å². The molecule has 0 rings (SSSR count). The molecule has 3 heteroatoms. The fourth-order valence-electron chi connectivity index (χ4n) is 1.69. The molecule has 0 aromatic rings. The Morgan fingerprint density at radius 2 is 1.93 bits per heavy atom. The second-order valence-electron chi connectivity index (χ2n) is 4.88. The van der Waals surface area contributed by atoms with Crippen LogP contribution in [0.25, 0.3) is 0 Å². The summed E-state index contributed by atoms with van der Waals surface area (Å²) in [6, 6.07) is 0. The van der Waals surface area contributed by atoms with Crippen LogP contribution in [0.1, 0.15) is 27.7 Å². The third-order valence-electron chi connectivity index (χ3n) is 2.37. The predicted octanol–water partition coefficient (Wildman–Crippen LogP) is 1.59. The lowest BCUT2D eigenvalue weighted by atomic mass is 9.93. The van der Waals surface area contributed by atoms with Gasteiger partial charge in [0.15, 0.2) is 0 Å². The average Bonchev–Trinajstić information content (AvgIpc) is 2.14. The summed E-state index contributed by atoms with van der Waals surface area (Å²) in [5.74, 6) is 0. The van der Waals surface area contributed by atoms with Crippen molar-refractivity contribution in [1.29, 1.82) is 0 Å². The lowest BCUT2D eigenvalue weighted by molar-refractivity contribution is 0.107. The number of rotatable bonds is 9. The van der Waals surface area contributed by atoms with Crippen molar-refractivity contribution in [3.63, 3.8) is 0 Å². The highest BCUT2D eigenvalue weighted by Gasteiger charge is 2.19. The lowest BCUT2D eigenvalue weighted by Gasteiger charge is -2.30. The quantitative estimate of drug-likeness (QED) is 0.592.